The van der Waals surface area contributed by atoms with Crippen molar-refractivity contribution < 1.29 is 9.59 Å². The molecular weight excluding hydrogens is 492 g/mol. The Morgan fingerprint density at radius 2 is 1.56 bits per heavy atom. The van der Waals surface area contributed by atoms with E-state index in [0.717, 1.165) is 36.1 Å². The number of anilines is 2. The molecular formula is C29H38N8O2. The predicted molar refractivity (Wildman–Crippen MR) is 157 cm³/mol. The maximum atomic E-state index is 13.1. The third-order valence-corrected chi connectivity index (χ3v) is 7.70. The van der Waals surface area contributed by atoms with Gasteiger partial charge in [-0.3, -0.25) is 9.59 Å². The van der Waals surface area contributed by atoms with Gasteiger partial charge in [0.25, 0.3) is 0 Å². The Kier molecular flexibility index (Phi) is 8.53. The molecule has 1 fully saturated rings. The van der Waals surface area contributed by atoms with E-state index in [1.165, 1.54) is 5.57 Å². The summed E-state index contributed by atoms with van der Waals surface area (Å²) in [5.74, 6) is -0.147. The summed E-state index contributed by atoms with van der Waals surface area (Å²) in [4.78, 5) is 34.3. The fourth-order valence-corrected chi connectivity index (χ4v) is 5.27. The normalized spacial score (nSPS) is 22.0. The Hall–Kier alpha value is -4.34. The zero-order chi connectivity index (χ0) is 28.0. The van der Waals surface area contributed by atoms with E-state index in [4.69, 9.17) is 22.9 Å². The molecule has 2 aromatic carbocycles. The average molecular weight is 531 g/mol. The topological polar surface area (TPSA) is 187 Å². The van der Waals surface area contributed by atoms with Crippen LogP contribution in [0.25, 0.3) is 5.57 Å². The van der Waals surface area contributed by atoms with Crippen LogP contribution in [0.3, 0.4) is 0 Å². The van der Waals surface area contributed by atoms with Crippen molar-refractivity contribution in [3.63, 3.8) is 0 Å². The van der Waals surface area contributed by atoms with Gasteiger partial charge in [0.1, 0.15) is 0 Å². The van der Waals surface area contributed by atoms with Gasteiger partial charge in [0, 0.05) is 17.3 Å². The number of nitrogens with one attached hydrogen (secondary N) is 2. The van der Waals surface area contributed by atoms with Crippen LogP contribution in [-0.4, -0.2) is 29.8 Å². The predicted octanol–water partition coefficient (Wildman–Crippen LogP) is 3.05. The smallest absolute Gasteiger partial charge is 0.230 e. The molecule has 206 valence electrons. The van der Waals surface area contributed by atoms with Crippen molar-refractivity contribution in [2.24, 2.45) is 44.3 Å². The lowest BCUT2D eigenvalue weighted by atomic mass is 9.59. The van der Waals surface area contributed by atoms with Crippen LogP contribution in [0.1, 0.15) is 56.6 Å². The van der Waals surface area contributed by atoms with E-state index in [1.54, 1.807) is 0 Å². The Morgan fingerprint density at radius 3 is 2.13 bits per heavy atom. The zero-order valence-electron chi connectivity index (χ0n) is 22.3. The molecule has 1 saturated carbocycles. The maximum Gasteiger partial charge on any atom is 0.230 e. The fraction of sp³-hybridized carbons (Fsp3) is 0.379. The minimum absolute atomic E-state index is 0.0366. The van der Waals surface area contributed by atoms with Crippen LogP contribution < -0.4 is 33.6 Å². The third kappa shape index (κ3) is 6.95. The van der Waals surface area contributed by atoms with Gasteiger partial charge in [-0.2, -0.15) is 0 Å². The summed E-state index contributed by atoms with van der Waals surface area (Å²) in [7, 11) is 0. The molecule has 0 saturated heterocycles. The van der Waals surface area contributed by atoms with Crippen LogP contribution in [0.5, 0.6) is 0 Å². The van der Waals surface area contributed by atoms with Gasteiger partial charge < -0.3 is 33.6 Å². The van der Waals surface area contributed by atoms with Crippen molar-refractivity contribution in [3.8, 4) is 0 Å². The number of carbonyl (C=O) groups excluding carboxylic acids is 2. The molecule has 39 heavy (non-hydrogen) atoms. The van der Waals surface area contributed by atoms with Crippen molar-refractivity contribution >= 4 is 40.7 Å². The van der Waals surface area contributed by atoms with E-state index in [0.29, 0.717) is 31.5 Å². The molecule has 0 spiro atoms. The van der Waals surface area contributed by atoms with Gasteiger partial charge in [0.05, 0.1) is 18.0 Å². The Bertz CT molecular complexity index is 1270. The van der Waals surface area contributed by atoms with E-state index >= 15 is 0 Å². The Labute approximate surface area is 229 Å². The summed E-state index contributed by atoms with van der Waals surface area (Å²) >= 11 is 0. The van der Waals surface area contributed by atoms with Gasteiger partial charge >= 0.3 is 0 Å². The number of carbonyl (C=O) groups is 2. The molecule has 0 aromatic heterocycles. The van der Waals surface area contributed by atoms with Gasteiger partial charge in [-0.05, 0) is 79.5 Å². The van der Waals surface area contributed by atoms with Gasteiger partial charge in [-0.15, -0.1) is 0 Å². The lowest BCUT2D eigenvalue weighted by Crippen LogP contribution is -2.50. The first kappa shape index (κ1) is 27.7. The van der Waals surface area contributed by atoms with Gasteiger partial charge in [-0.25, -0.2) is 9.98 Å². The fourth-order valence-electron chi connectivity index (χ4n) is 5.27. The first-order valence-corrected chi connectivity index (χ1v) is 13.3. The minimum atomic E-state index is -0.549. The number of allylic oxidation sites excluding steroid dienone is 1. The largest absolute Gasteiger partial charge is 0.370 e. The molecule has 1 unspecified atom stereocenters. The number of guanidine groups is 2. The van der Waals surface area contributed by atoms with Crippen molar-refractivity contribution in [2.45, 2.75) is 58.0 Å². The zero-order valence-corrected chi connectivity index (χ0v) is 22.3. The molecule has 2 amide bonds. The summed E-state index contributed by atoms with van der Waals surface area (Å²) in [6, 6.07) is 15.4. The average Bonchev–Trinajstić information content (AvgIpc) is 2.88. The monoisotopic (exact) mass is 530 g/mol. The second kappa shape index (κ2) is 12.0. The Balaban J connectivity index is 1.28. The van der Waals surface area contributed by atoms with Gasteiger partial charge in [0.2, 0.25) is 11.8 Å². The van der Waals surface area contributed by atoms with Crippen LogP contribution in [0.2, 0.25) is 0 Å². The van der Waals surface area contributed by atoms with Gasteiger partial charge in [-0.1, -0.05) is 37.3 Å². The highest BCUT2D eigenvalue weighted by Gasteiger charge is 2.51. The molecule has 0 heterocycles. The van der Waals surface area contributed by atoms with E-state index in [1.807, 2.05) is 55.5 Å². The lowest BCUT2D eigenvalue weighted by Gasteiger charge is -2.45. The molecule has 0 radical (unpaired) electrons. The Morgan fingerprint density at radius 1 is 0.923 bits per heavy atom. The van der Waals surface area contributed by atoms with Crippen LogP contribution in [0.15, 0.2) is 64.6 Å². The summed E-state index contributed by atoms with van der Waals surface area (Å²) in [5.41, 5.74) is 26.0. The summed E-state index contributed by atoms with van der Waals surface area (Å²) < 4.78 is 0. The number of benzene rings is 2. The van der Waals surface area contributed by atoms with E-state index in [9.17, 15) is 9.59 Å². The van der Waals surface area contributed by atoms with Crippen molar-refractivity contribution in [1.29, 1.82) is 0 Å². The molecule has 10 N–H and O–H groups in total. The highest BCUT2D eigenvalue weighted by Crippen LogP contribution is 2.49. The lowest BCUT2D eigenvalue weighted by molar-refractivity contribution is -0.139. The van der Waals surface area contributed by atoms with E-state index < -0.39 is 5.41 Å². The number of hydrogen-bond acceptors (Lipinski definition) is 4. The molecule has 10 nitrogen and oxygen atoms in total. The number of hydrogen-bond donors (Lipinski definition) is 6. The second-order valence-corrected chi connectivity index (χ2v) is 10.4. The van der Waals surface area contributed by atoms with E-state index in [2.05, 4.69) is 26.7 Å². The third-order valence-electron chi connectivity index (χ3n) is 7.70. The van der Waals surface area contributed by atoms with Crippen LogP contribution in [0, 0.1) is 11.3 Å². The van der Waals surface area contributed by atoms with Crippen molar-refractivity contribution in [2.75, 3.05) is 10.6 Å². The maximum absolute atomic E-state index is 13.1. The van der Waals surface area contributed by atoms with Crippen molar-refractivity contribution in [1.82, 2.24) is 0 Å². The molecule has 2 aromatic rings. The molecule has 2 aliphatic rings. The van der Waals surface area contributed by atoms with Crippen LogP contribution >= 0.6 is 0 Å². The number of amides is 2. The molecule has 0 aliphatic heterocycles. The number of nitrogens with two attached hydrogens (primary N) is 4. The molecule has 0 bridgehead atoms. The number of rotatable bonds is 9. The standard InChI is InChI=1S/C29H38N8O2/c1-2-29(26(39)36-23-9-3-18(4-10-23)17-34-27(30)31)15-21(16-29)25(38)35-22-11-5-19(6-12-22)20-7-13-24(14-8-20)37-28(32)33/h3-7,9-12,21,24H,2,8,13-17H2,1H3,(H,35,38)(H,36,39)(H4,30,31,34)(H4,32,33,37). The van der Waals surface area contributed by atoms with Gasteiger partial charge in [0.15, 0.2) is 11.9 Å². The molecule has 10 heteroatoms. The van der Waals surface area contributed by atoms with E-state index in [-0.39, 0.29) is 35.7 Å². The molecule has 1 atom stereocenters. The SMILES string of the molecule is CCC1(C(=O)Nc2ccc(CN=C(N)N)cc2)CC(C(=O)Nc2ccc(C3=CCC(N=C(N)N)CC3)cc2)C1. The minimum Gasteiger partial charge on any atom is -0.370 e. The van der Waals surface area contributed by atoms with Crippen molar-refractivity contribution in [3.05, 3.63) is 65.7 Å². The quantitative estimate of drug-likeness (QED) is 0.213. The highest BCUT2D eigenvalue weighted by molar-refractivity contribution is 6.00. The summed E-state index contributed by atoms with van der Waals surface area (Å²) in [6.45, 7) is 2.37. The second-order valence-electron chi connectivity index (χ2n) is 10.4. The first-order valence-electron chi connectivity index (χ1n) is 13.3. The summed E-state index contributed by atoms with van der Waals surface area (Å²) in [6.07, 6.45) is 6.50. The highest BCUT2D eigenvalue weighted by atomic mass is 16.2. The molecule has 4 rings (SSSR count). The number of nitrogens with zero attached hydrogens (tertiary/aromatic N) is 2. The molecule has 2 aliphatic carbocycles. The first-order chi connectivity index (χ1) is 18.7. The van der Waals surface area contributed by atoms with Crippen LogP contribution in [0.4, 0.5) is 11.4 Å². The number of aliphatic imine (C=N–C) groups is 2. The van der Waals surface area contributed by atoms with Crippen LogP contribution in [-0.2, 0) is 16.1 Å². The summed E-state index contributed by atoms with van der Waals surface area (Å²) in [5, 5.41) is 6.02.